The van der Waals surface area contributed by atoms with Crippen molar-refractivity contribution in [3.8, 4) is 0 Å². The largest absolute Gasteiger partial charge is 0.379 e. The molecule has 5 rings (SSSR count). The molecule has 0 bridgehead atoms. The van der Waals surface area contributed by atoms with Crippen molar-refractivity contribution in [2.45, 2.75) is 44.7 Å². The van der Waals surface area contributed by atoms with Gasteiger partial charge in [0.05, 0.1) is 18.8 Å². The van der Waals surface area contributed by atoms with Crippen molar-refractivity contribution < 1.29 is 14.3 Å². The highest BCUT2D eigenvalue weighted by atomic mass is 16.5. The molecule has 0 unspecified atom stereocenters. The molecule has 1 aliphatic carbocycles. The fourth-order valence-electron chi connectivity index (χ4n) is 5.91. The van der Waals surface area contributed by atoms with Crippen LogP contribution in [-0.2, 0) is 11.3 Å². The summed E-state index contributed by atoms with van der Waals surface area (Å²) in [4.78, 5) is 33.3. The number of urea groups is 1. The second-order valence-electron chi connectivity index (χ2n) is 11.1. The molecular formula is C31H44N6O3. The molecule has 0 atom stereocenters. The normalized spacial score (nSPS) is 19.2. The molecule has 0 spiro atoms. The van der Waals surface area contributed by atoms with Crippen LogP contribution in [-0.4, -0.2) is 93.4 Å². The Morgan fingerprint density at radius 2 is 1.60 bits per heavy atom. The average molecular weight is 549 g/mol. The van der Waals surface area contributed by atoms with Crippen molar-refractivity contribution in [3.63, 3.8) is 0 Å². The van der Waals surface area contributed by atoms with Crippen LogP contribution in [0.2, 0.25) is 0 Å². The van der Waals surface area contributed by atoms with Gasteiger partial charge in [-0.1, -0.05) is 49.6 Å². The molecule has 9 nitrogen and oxygen atoms in total. The molecule has 1 saturated carbocycles. The SMILES string of the molecule is O=C(Nc1ccc(N2CCN(Cc3ccccc3)CC2)c(C(=O)NCCN2CCOCC2)c1)NC1CCCCC1. The lowest BCUT2D eigenvalue weighted by Gasteiger charge is -2.37. The first kappa shape index (κ1) is 28.4. The number of carbonyl (C=O) groups is 2. The molecule has 3 N–H and O–H groups in total. The zero-order valence-corrected chi connectivity index (χ0v) is 23.6. The van der Waals surface area contributed by atoms with Crippen molar-refractivity contribution in [2.75, 3.05) is 75.8 Å². The van der Waals surface area contributed by atoms with Gasteiger partial charge in [0.1, 0.15) is 0 Å². The number of hydrogen-bond donors (Lipinski definition) is 3. The Labute approximate surface area is 238 Å². The maximum Gasteiger partial charge on any atom is 0.319 e. The van der Waals surface area contributed by atoms with Crippen LogP contribution in [0.15, 0.2) is 48.5 Å². The number of hydrogen-bond acceptors (Lipinski definition) is 6. The maximum absolute atomic E-state index is 13.5. The number of benzene rings is 2. The average Bonchev–Trinajstić information content (AvgIpc) is 2.99. The first-order valence-corrected chi connectivity index (χ1v) is 15.0. The molecule has 2 saturated heterocycles. The van der Waals surface area contributed by atoms with E-state index in [1.54, 1.807) is 0 Å². The van der Waals surface area contributed by atoms with Gasteiger partial charge in [-0.3, -0.25) is 14.6 Å². The van der Waals surface area contributed by atoms with Gasteiger partial charge >= 0.3 is 6.03 Å². The van der Waals surface area contributed by atoms with Gasteiger partial charge in [0.15, 0.2) is 0 Å². The fourth-order valence-corrected chi connectivity index (χ4v) is 5.91. The maximum atomic E-state index is 13.5. The molecule has 0 radical (unpaired) electrons. The van der Waals surface area contributed by atoms with E-state index in [9.17, 15) is 9.59 Å². The number of ether oxygens (including phenoxy) is 1. The highest BCUT2D eigenvalue weighted by molar-refractivity contribution is 6.02. The van der Waals surface area contributed by atoms with E-state index in [2.05, 4.69) is 54.9 Å². The van der Waals surface area contributed by atoms with Crippen LogP contribution in [0, 0.1) is 0 Å². The third-order valence-electron chi connectivity index (χ3n) is 8.22. The van der Waals surface area contributed by atoms with E-state index < -0.39 is 0 Å². The molecule has 3 fully saturated rings. The van der Waals surface area contributed by atoms with E-state index in [1.807, 2.05) is 24.3 Å². The van der Waals surface area contributed by atoms with E-state index >= 15 is 0 Å². The summed E-state index contributed by atoms with van der Waals surface area (Å²) in [6.07, 6.45) is 5.62. The van der Waals surface area contributed by atoms with Crippen molar-refractivity contribution in [2.24, 2.45) is 0 Å². The first-order chi connectivity index (χ1) is 19.6. The lowest BCUT2D eigenvalue weighted by Crippen LogP contribution is -2.46. The van der Waals surface area contributed by atoms with Crippen LogP contribution < -0.4 is 20.9 Å². The summed E-state index contributed by atoms with van der Waals surface area (Å²) in [7, 11) is 0. The van der Waals surface area contributed by atoms with Crippen LogP contribution in [0.4, 0.5) is 16.2 Å². The smallest absolute Gasteiger partial charge is 0.319 e. The van der Waals surface area contributed by atoms with Gasteiger partial charge in [0, 0.05) is 76.3 Å². The van der Waals surface area contributed by atoms with E-state index in [-0.39, 0.29) is 18.0 Å². The van der Waals surface area contributed by atoms with E-state index in [1.165, 1.54) is 12.0 Å². The molecule has 40 heavy (non-hydrogen) atoms. The molecule has 3 aliphatic rings. The highest BCUT2D eigenvalue weighted by Crippen LogP contribution is 2.26. The molecule has 2 aliphatic heterocycles. The molecule has 0 aromatic heterocycles. The van der Waals surface area contributed by atoms with Gasteiger partial charge in [-0.15, -0.1) is 0 Å². The van der Waals surface area contributed by atoms with Gasteiger partial charge in [-0.05, 0) is 36.6 Å². The monoisotopic (exact) mass is 548 g/mol. The summed E-state index contributed by atoms with van der Waals surface area (Å²) >= 11 is 0. The molecule has 9 heteroatoms. The van der Waals surface area contributed by atoms with Gasteiger partial charge in [-0.2, -0.15) is 0 Å². The van der Waals surface area contributed by atoms with Crippen molar-refractivity contribution in [3.05, 3.63) is 59.7 Å². The van der Waals surface area contributed by atoms with Gasteiger partial charge in [0.25, 0.3) is 5.91 Å². The molecule has 2 aromatic rings. The number of nitrogens with one attached hydrogen (secondary N) is 3. The minimum atomic E-state index is -0.201. The number of morpholine rings is 1. The van der Waals surface area contributed by atoms with Crippen LogP contribution >= 0.6 is 0 Å². The first-order valence-electron chi connectivity index (χ1n) is 15.0. The molecule has 2 aromatic carbocycles. The summed E-state index contributed by atoms with van der Waals surface area (Å²) in [5, 5.41) is 9.21. The zero-order valence-electron chi connectivity index (χ0n) is 23.6. The predicted octanol–water partition coefficient (Wildman–Crippen LogP) is 3.53. The summed E-state index contributed by atoms with van der Waals surface area (Å²) < 4.78 is 5.44. The lowest BCUT2D eigenvalue weighted by atomic mass is 9.96. The molecular weight excluding hydrogens is 504 g/mol. The summed E-state index contributed by atoms with van der Waals surface area (Å²) in [6, 6.07) is 16.3. The Morgan fingerprint density at radius 1 is 0.850 bits per heavy atom. The topological polar surface area (TPSA) is 89.2 Å². The molecule has 2 heterocycles. The standard InChI is InChI=1S/C31H44N6O3/c38-30(32-13-14-35-19-21-40-22-20-35)28-23-27(34-31(39)33-26-9-5-2-6-10-26)11-12-29(28)37-17-15-36(16-18-37)24-25-7-3-1-4-8-25/h1,3-4,7-8,11-12,23,26H,2,5-6,9-10,13-22,24H2,(H,32,38)(H2,33,34,39). The quantitative estimate of drug-likeness (QED) is 0.445. The minimum absolute atomic E-state index is 0.105. The van der Waals surface area contributed by atoms with Gasteiger partial charge < -0.3 is 25.6 Å². The number of carbonyl (C=O) groups excluding carboxylic acids is 2. The molecule has 3 amide bonds. The summed E-state index contributed by atoms with van der Waals surface area (Å²) in [5.41, 5.74) is 3.48. The number of anilines is 2. The van der Waals surface area contributed by atoms with Gasteiger partial charge in [0.2, 0.25) is 0 Å². The Morgan fingerprint density at radius 3 is 2.35 bits per heavy atom. The second kappa shape index (κ2) is 14.5. The third-order valence-corrected chi connectivity index (χ3v) is 8.22. The Kier molecular flexibility index (Phi) is 10.3. The lowest BCUT2D eigenvalue weighted by molar-refractivity contribution is 0.0383. The number of nitrogens with zero attached hydrogens (tertiary/aromatic N) is 3. The molecule has 216 valence electrons. The summed E-state index contributed by atoms with van der Waals surface area (Å²) in [5.74, 6) is -0.105. The number of piperazine rings is 1. The Balaban J connectivity index is 1.23. The van der Waals surface area contributed by atoms with Crippen LogP contribution in [0.5, 0.6) is 0 Å². The third kappa shape index (κ3) is 8.19. The van der Waals surface area contributed by atoms with E-state index in [4.69, 9.17) is 4.74 Å². The van der Waals surface area contributed by atoms with Crippen LogP contribution in [0.3, 0.4) is 0 Å². The fraction of sp³-hybridized carbons (Fsp3) is 0.548. The second-order valence-corrected chi connectivity index (χ2v) is 11.1. The zero-order chi connectivity index (χ0) is 27.6. The summed E-state index contributed by atoms with van der Waals surface area (Å²) in [6.45, 7) is 9.11. The predicted molar refractivity (Wildman–Crippen MR) is 159 cm³/mol. The van der Waals surface area contributed by atoms with Crippen LogP contribution in [0.25, 0.3) is 0 Å². The number of rotatable bonds is 9. The van der Waals surface area contributed by atoms with E-state index in [0.29, 0.717) is 17.8 Å². The minimum Gasteiger partial charge on any atom is -0.379 e. The van der Waals surface area contributed by atoms with Crippen molar-refractivity contribution in [1.82, 2.24) is 20.4 Å². The van der Waals surface area contributed by atoms with E-state index in [0.717, 1.165) is 96.9 Å². The van der Waals surface area contributed by atoms with Crippen LogP contribution in [0.1, 0.15) is 48.0 Å². The highest BCUT2D eigenvalue weighted by Gasteiger charge is 2.23. The van der Waals surface area contributed by atoms with Crippen molar-refractivity contribution >= 4 is 23.3 Å². The van der Waals surface area contributed by atoms with Crippen molar-refractivity contribution in [1.29, 1.82) is 0 Å². The van der Waals surface area contributed by atoms with Gasteiger partial charge in [-0.25, -0.2) is 4.79 Å². The number of amides is 3. The Bertz CT molecular complexity index is 1090. The Hall–Kier alpha value is -3.14.